The molecule has 0 atom stereocenters. The SMILES string of the molecule is C[C](C)Cc1ccc(C(C)C)c(O)c1. The second-order valence-corrected chi connectivity index (χ2v) is 4.43. The van der Waals surface area contributed by atoms with Crippen LogP contribution in [0.1, 0.15) is 44.7 Å². The molecule has 0 aliphatic rings. The van der Waals surface area contributed by atoms with Crippen LogP contribution >= 0.6 is 0 Å². The maximum Gasteiger partial charge on any atom is 0.119 e. The zero-order chi connectivity index (χ0) is 10.7. The Bertz CT molecular complexity index is 300. The summed E-state index contributed by atoms with van der Waals surface area (Å²) >= 11 is 0. The van der Waals surface area contributed by atoms with E-state index in [0.29, 0.717) is 11.7 Å². The molecule has 0 aliphatic carbocycles. The number of hydrogen-bond acceptors (Lipinski definition) is 1. The summed E-state index contributed by atoms with van der Waals surface area (Å²) in [6.07, 6.45) is 0.950. The zero-order valence-corrected chi connectivity index (χ0v) is 9.46. The van der Waals surface area contributed by atoms with E-state index >= 15 is 0 Å². The molecule has 0 heterocycles. The minimum Gasteiger partial charge on any atom is -0.508 e. The third-order valence-electron chi connectivity index (χ3n) is 2.27. The first-order chi connectivity index (χ1) is 6.50. The molecule has 0 amide bonds. The molecule has 0 spiro atoms. The van der Waals surface area contributed by atoms with Crippen LogP contribution in [0.2, 0.25) is 0 Å². The number of rotatable bonds is 3. The van der Waals surface area contributed by atoms with Crippen LogP contribution in [0.4, 0.5) is 0 Å². The van der Waals surface area contributed by atoms with Gasteiger partial charge in [0.1, 0.15) is 5.75 Å². The standard InChI is InChI=1S/C13H19O/c1-9(2)7-11-5-6-12(10(3)4)13(14)8-11/h5-6,8,10,14H,7H2,1-4H3. The lowest BCUT2D eigenvalue weighted by molar-refractivity contribution is 0.464. The van der Waals surface area contributed by atoms with Gasteiger partial charge >= 0.3 is 0 Å². The van der Waals surface area contributed by atoms with Gasteiger partial charge in [0.15, 0.2) is 0 Å². The van der Waals surface area contributed by atoms with E-state index in [-0.39, 0.29) is 0 Å². The van der Waals surface area contributed by atoms with Crippen molar-refractivity contribution in [1.29, 1.82) is 0 Å². The fourth-order valence-electron chi connectivity index (χ4n) is 1.60. The molecule has 1 rings (SSSR count). The van der Waals surface area contributed by atoms with Gasteiger partial charge in [0.2, 0.25) is 0 Å². The Hall–Kier alpha value is -0.980. The predicted molar refractivity (Wildman–Crippen MR) is 60.5 cm³/mol. The zero-order valence-electron chi connectivity index (χ0n) is 9.46. The van der Waals surface area contributed by atoms with E-state index in [1.807, 2.05) is 12.1 Å². The third-order valence-corrected chi connectivity index (χ3v) is 2.27. The molecule has 1 aromatic carbocycles. The predicted octanol–water partition coefficient (Wildman–Crippen LogP) is 3.67. The van der Waals surface area contributed by atoms with Crippen LogP contribution in [0.25, 0.3) is 0 Å². The summed E-state index contributed by atoms with van der Waals surface area (Å²) in [5.41, 5.74) is 2.22. The van der Waals surface area contributed by atoms with Crippen molar-refractivity contribution in [3.8, 4) is 5.75 Å². The molecule has 0 aromatic heterocycles. The average molecular weight is 191 g/mol. The Kier molecular flexibility index (Phi) is 3.56. The largest absolute Gasteiger partial charge is 0.508 e. The normalized spacial score (nSPS) is 11.3. The number of hydrogen-bond donors (Lipinski definition) is 1. The van der Waals surface area contributed by atoms with Gasteiger partial charge in [0.25, 0.3) is 0 Å². The van der Waals surface area contributed by atoms with Crippen LogP contribution in [0.3, 0.4) is 0 Å². The first-order valence-corrected chi connectivity index (χ1v) is 5.11. The molecule has 0 unspecified atom stereocenters. The topological polar surface area (TPSA) is 20.2 Å². The van der Waals surface area contributed by atoms with Gasteiger partial charge in [-0.1, -0.05) is 39.8 Å². The molecular formula is C13H19O. The highest BCUT2D eigenvalue weighted by Gasteiger charge is 2.07. The Labute approximate surface area is 86.8 Å². The molecule has 0 fully saturated rings. The van der Waals surface area contributed by atoms with E-state index in [9.17, 15) is 5.11 Å². The Balaban J connectivity index is 2.89. The van der Waals surface area contributed by atoms with Crippen molar-refractivity contribution in [2.75, 3.05) is 0 Å². The fraction of sp³-hybridized carbons (Fsp3) is 0.462. The van der Waals surface area contributed by atoms with Crippen LogP contribution in [0.15, 0.2) is 18.2 Å². The lowest BCUT2D eigenvalue weighted by Gasteiger charge is -2.11. The van der Waals surface area contributed by atoms with Gasteiger partial charge in [0.05, 0.1) is 0 Å². The second-order valence-electron chi connectivity index (χ2n) is 4.43. The van der Waals surface area contributed by atoms with Gasteiger partial charge in [0, 0.05) is 0 Å². The highest BCUT2D eigenvalue weighted by Crippen LogP contribution is 2.27. The molecule has 0 aliphatic heterocycles. The Morgan fingerprint density at radius 2 is 1.93 bits per heavy atom. The number of aromatic hydroxyl groups is 1. The van der Waals surface area contributed by atoms with Crippen molar-refractivity contribution < 1.29 is 5.11 Å². The van der Waals surface area contributed by atoms with E-state index in [1.54, 1.807) is 0 Å². The summed E-state index contributed by atoms with van der Waals surface area (Å²) in [5, 5.41) is 9.77. The Morgan fingerprint density at radius 3 is 2.36 bits per heavy atom. The monoisotopic (exact) mass is 191 g/mol. The molecule has 0 bridgehead atoms. The number of phenols is 1. The van der Waals surface area contributed by atoms with Crippen molar-refractivity contribution in [3.63, 3.8) is 0 Å². The van der Waals surface area contributed by atoms with Gasteiger partial charge in [-0.3, -0.25) is 0 Å². The van der Waals surface area contributed by atoms with Crippen LogP contribution in [0.5, 0.6) is 5.75 Å². The summed E-state index contributed by atoms with van der Waals surface area (Å²) < 4.78 is 0. The molecule has 1 heteroatoms. The molecule has 1 aromatic rings. The minimum absolute atomic E-state index is 0.385. The van der Waals surface area contributed by atoms with Gasteiger partial charge < -0.3 is 5.11 Å². The lowest BCUT2D eigenvalue weighted by Crippen LogP contribution is -1.94. The maximum absolute atomic E-state index is 9.77. The molecule has 1 nitrogen and oxygen atoms in total. The fourth-order valence-corrected chi connectivity index (χ4v) is 1.60. The average Bonchev–Trinajstić information content (AvgIpc) is 2.01. The first-order valence-electron chi connectivity index (χ1n) is 5.11. The summed E-state index contributed by atoms with van der Waals surface area (Å²) in [4.78, 5) is 0. The van der Waals surface area contributed by atoms with Crippen molar-refractivity contribution in [2.24, 2.45) is 0 Å². The van der Waals surface area contributed by atoms with Crippen LogP contribution < -0.4 is 0 Å². The van der Waals surface area contributed by atoms with Crippen molar-refractivity contribution in [1.82, 2.24) is 0 Å². The molecule has 77 valence electrons. The van der Waals surface area contributed by atoms with E-state index < -0.39 is 0 Å². The van der Waals surface area contributed by atoms with Crippen molar-refractivity contribution in [2.45, 2.75) is 40.0 Å². The second kappa shape index (κ2) is 4.50. The molecular weight excluding hydrogens is 172 g/mol. The van der Waals surface area contributed by atoms with Crippen molar-refractivity contribution >= 4 is 0 Å². The summed E-state index contributed by atoms with van der Waals surface area (Å²) in [5.74, 6) is 2.18. The highest BCUT2D eigenvalue weighted by molar-refractivity contribution is 5.39. The lowest BCUT2D eigenvalue weighted by atomic mass is 9.97. The van der Waals surface area contributed by atoms with E-state index in [1.165, 1.54) is 11.5 Å². The van der Waals surface area contributed by atoms with Crippen LogP contribution in [0, 0.1) is 5.92 Å². The highest BCUT2D eigenvalue weighted by atomic mass is 16.3. The van der Waals surface area contributed by atoms with E-state index in [4.69, 9.17) is 0 Å². The minimum atomic E-state index is 0.385. The molecule has 1 N–H and O–H groups in total. The van der Waals surface area contributed by atoms with Gasteiger partial charge in [-0.2, -0.15) is 0 Å². The Morgan fingerprint density at radius 1 is 1.29 bits per heavy atom. The quantitative estimate of drug-likeness (QED) is 0.772. The summed E-state index contributed by atoms with van der Waals surface area (Å²) in [6, 6.07) is 6.00. The van der Waals surface area contributed by atoms with Crippen LogP contribution in [-0.4, -0.2) is 5.11 Å². The van der Waals surface area contributed by atoms with E-state index in [0.717, 1.165) is 12.0 Å². The molecule has 14 heavy (non-hydrogen) atoms. The molecule has 0 saturated heterocycles. The van der Waals surface area contributed by atoms with Gasteiger partial charge in [-0.15, -0.1) is 0 Å². The molecule has 0 saturated carbocycles. The third kappa shape index (κ3) is 2.76. The number of phenolic OH excluding ortho intramolecular Hbond substituents is 1. The summed E-state index contributed by atoms with van der Waals surface area (Å²) in [7, 11) is 0. The number of benzene rings is 1. The van der Waals surface area contributed by atoms with Gasteiger partial charge in [-0.25, -0.2) is 0 Å². The molecule has 1 radical (unpaired) electrons. The summed E-state index contributed by atoms with van der Waals surface area (Å²) in [6.45, 7) is 8.39. The van der Waals surface area contributed by atoms with Crippen molar-refractivity contribution in [3.05, 3.63) is 35.2 Å². The smallest absolute Gasteiger partial charge is 0.119 e. The maximum atomic E-state index is 9.77. The van der Waals surface area contributed by atoms with Gasteiger partial charge in [-0.05, 0) is 35.4 Å². The van der Waals surface area contributed by atoms with E-state index in [2.05, 4.69) is 33.8 Å². The van der Waals surface area contributed by atoms with Crippen LogP contribution in [-0.2, 0) is 6.42 Å². The first kappa shape index (κ1) is 11.1.